The van der Waals surface area contributed by atoms with Crippen molar-refractivity contribution in [1.29, 1.82) is 0 Å². The van der Waals surface area contributed by atoms with Crippen LogP contribution in [0.5, 0.6) is 0 Å². The zero-order valence-corrected chi connectivity index (χ0v) is 29.3. The standard InChI is InChI=1S/C19H26O3.C17H14ClF7O2/c1-7-8-13-12(4)16(10-15(13)20)22-18(21)17-14(9-11(2)3)19(17,5)6;1-6-11(19)13(21)7(14(22)12(6)20)5-27-15(26)10-8(16(10,2)3)4-9(18)17(23,24)25/h7,9,14,16-17H,1,8,10H2,2-6H3;4,8,10H,5H2,1-3H3/b;9-4-. The van der Waals surface area contributed by atoms with Crippen molar-refractivity contribution in [2.24, 2.45) is 34.5 Å². The first-order chi connectivity index (χ1) is 22.4. The topological polar surface area (TPSA) is 69.7 Å². The normalized spacial score (nSPS) is 25.3. The second-order valence-corrected chi connectivity index (χ2v) is 14.5. The number of hydrogen-bond donors (Lipinski definition) is 0. The number of ether oxygens (including phenoxy) is 2. The lowest BCUT2D eigenvalue weighted by Gasteiger charge is -2.13. The van der Waals surface area contributed by atoms with E-state index < -0.39 is 81.5 Å². The minimum absolute atomic E-state index is 0.0570. The van der Waals surface area contributed by atoms with Crippen molar-refractivity contribution in [1.82, 2.24) is 0 Å². The minimum atomic E-state index is -4.78. The van der Waals surface area contributed by atoms with E-state index in [2.05, 4.69) is 26.5 Å². The summed E-state index contributed by atoms with van der Waals surface area (Å²) in [5.41, 5.74) is -0.131. The van der Waals surface area contributed by atoms with Gasteiger partial charge < -0.3 is 9.47 Å². The number of allylic oxidation sites excluding steroid dienone is 6. The largest absolute Gasteiger partial charge is 0.460 e. The highest BCUT2D eigenvalue weighted by molar-refractivity contribution is 6.30. The number of rotatable bonds is 9. The van der Waals surface area contributed by atoms with Crippen LogP contribution in [0.1, 0.15) is 72.4 Å². The Hall–Kier alpha value is -3.41. The second-order valence-electron chi connectivity index (χ2n) is 14.1. The quantitative estimate of drug-likeness (QED) is 0.110. The van der Waals surface area contributed by atoms with Crippen LogP contribution in [0.15, 0.2) is 46.6 Å². The van der Waals surface area contributed by atoms with Gasteiger partial charge >= 0.3 is 18.1 Å². The van der Waals surface area contributed by atoms with Gasteiger partial charge in [0.25, 0.3) is 0 Å². The Balaban J connectivity index is 0.000000271. The number of ketones is 1. The molecule has 0 heterocycles. The summed E-state index contributed by atoms with van der Waals surface area (Å²) >= 11 is 5.15. The third kappa shape index (κ3) is 8.32. The molecule has 0 N–H and O–H groups in total. The molecule has 1 aromatic carbocycles. The predicted molar refractivity (Wildman–Crippen MR) is 169 cm³/mol. The van der Waals surface area contributed by atoms with Gasteiger partial charge in [0, 0.05) is 11.1 Å². The predicted octanol–water partition coefficient (Wildman–Crippen LogP) is 9.55. The summed E-state index contributed by atoms with van der Waals surface area (Å²) in [5, 5.41) is -1.41. The number of Topliss-reactive ketones (excluding diaryl/α,β-unsaturated/α-hetero) is 1. The Kier molecular flexibility index (Phi) is 11.8. The van der Waals surface area contributed by atoms with Gasteiger partial charge in [0.1, 0.15) is 17.7 Å². The average Bonchev–Trinajstić information content (AvgIpc) is 3.70. The van der Waals surface area contributed by atoms with Gasteiger partial charge in [0.05, 0.1) is 23.8 Å². The van der Waals surface area contributed by atoms with Crippen LogP contribution in [0, 0.1) is 64.7 Å². The summed E-state index contributed by atoms with van der Waals surface area (Å²) in [5.74, 6) is -9.65. The lowest BCUT2D eigenvalue weighted by molar-refractivity contribution is -0.150. The Morgan fingerprint density at radius 1 is 0.898 bits per heavy atom. The number of benzene rings is 1. The molecule has 0 radical (unpaired) electrons. The Morgan fingerprint density at radius 3 is 1.86 bits per heavy atom. The van der Waals surface area contributed by atoms with Crippen LogP contribution in [0.3, 0.4) is 0 Å². The molecule has 5 unspecified atom stereocenters. The summed E-state index contributed by atoms with van der Waals surface area (Å²) in [6.07, 6.45) is 0.194. The van der Waals surface area contributed by atoms with Crippen LogP contribution in [-0.4, -0.2) is 30.0 Å². The summed E-state index contributed by atoms with van der Waals surface area (Å²) in [7, 11) is 0. The van der Waals surface area contributed by atoms with Crippen molar-refractivity contribution in [3.63, 3.8) is 0 Å². The van der Waals surface area contributed by atoms with Crippen molar-refractivity contribution in [3.8, 4) is 0 Å². The second kappa shape index (κ2) is 14.4. The van der Waals surface area contributed by atoms with Crippen molar-refractivity contribution < 1.29 is 54.6 Å². The fraction of sp³-hybridized carbons (Fsp3) is 0.528. The van der Waals surface area contributed by atoms with E-state index in [1.165, 1.54) is 19.4 Å². The first kappa shape index (κ1) is 40.0. The van der Waals surface area contributed by atoms with Crippen LogP contribution < -0.4 is 0 Å². The van der Waals surface area contributed by atoms with Crippen LogP contribution >= 0.6 is 11.6 Å². The number of esters is 2. The maximum atomic E-state index is 13.8. The van der Waals surface area contributed by atoms with E-state index in [1.54, 1.807) is 6.08 Å². The third-order valence-corrected chi connectivity index (χ3v) is 9.98. The van der Waals surface area contributed by atoms with E-state index in [1.807, 2.05) is 20.8 Å². The zero-order valence-electron chi connectivity index (χ0n) is 28.5. The van der Waals surface area contributed by atoms with E-state index >= 15 is 0 Å². The van der Waals surface area contributed by atoms with Crippen molar-refractivity contribution in [2.75, 3.05) is 0 Å². The molecule has 4 rings (SSSR count). The molecular formula is C36H40ClF7O5. The molecule has 13 heteroatoms. The molecule has 0 spiro atoms. The molecule has 49 heavy (non-hydrogen) atoms. The molecule has 3 aliphatic carbocycles. The number of halogens is 8. The molecule has 2 fully saturated rings. The molecule has 5 atom stereocenters. The summed E-state index contributed by atoms with van der Waals surface area (Å²) < 4.78 is 102. The summed E-state index contributed by atoms with van der Waals surface area (Å²) in [6.45, 7) is 16.5. The first-order valence-electron chi connectivity index (χ1n) is 15.5. The maximum Gasteiger partial charge on any atom is 0.426 e. The highest BCUT2D eigenvalue weighted by Crippen LogP contribution is 2.61. The van der Waals surface area contributed by atoms with E-state index in [-0.39, 0.29) is 35.4 Å². The Morgan fingerprint density at radius 2 is 1.39 bits per heavy atom. The third-order valence-electron chi connectivity index (χ3n) is 9.64. The minimum Gasteiger partial charge on any atom is -0.460 e. The molecule has 0 aromatic heterocycles. The zero-order chi connectivity index (χ0) is 37.5. The van der Waals surface area contributed by atoms with E-state index in [0.717, 1.165) is 18.1 Å². The summed E-state index contributed by atoms with van der Waals surface area (Å²) in [6, 6.07) is 0. The van der Waals surface area contributed by atoms with Gasteiger partial charge in [-0.1, -0.05) is 63.1 Å². The molecule has 270 valence electrons. The first-order valence-corrected chi connectivity index (χ1v) is 15.9. The molecule has 5 nitrogen and oxygen atoms in total. The molecule has 3 aliphatic rings. The highest BCUT2D eigenvalue weighted by Gasteiger charge is 2.63. The van der Waals surface area contributed by atoms with Crippen molar-refractivity contribution >= 4 is 29.3 Å². The van der Waals surface area contributed by atoms with Gasteiger partial charge in [-0.05, 0) is 62.4 Å². The molecule has 0 bridgehead atoms. The average molecular weight is 721 g/mol. The number of carbonyl (C=O) groups is 3. The lowest BCUT2D eigenvalue weighted by Crippen LogP contribution is -2.20. The van der Waals surface area contributed by atoms with E-state index in [0.29, 0.717) is 12.5 Å². The molecular weight excluding hydrogens is 681 g/mol. The van der Waals surface area contributed by atoms with E-state index in [9.17, 15) is 45.1 Å². The fourth-order valence-electron chi connectivity index (χ4n) is 6.26. The van der Waals surface area contributed by atoms with Gasteiger partial charge in [-0.2, -0.15) is 13.2 Å². The van der Waals surface area contributed by atoms with Gasteiger partial charge in [-0.15, -0.1) is 6.58 Å². The van der Waals surface area contributed by atoms with Crippen molar-refractivity contribution in [2.45, 2.75) is 87.1 Å². The van der Waals surface area contributed by atoms with E-state index in [4.69, 9.17) is 21.1 Å². The maximum absolute atomic E-state index is 13.8. The van der Waals surface area contributed by atoms with Crippen LogP contribution in [-0.2, 0) is 30.5 Å². The highest BCUT2D eigenvalue weighted by atomic mass is 35.5. The number of alkyl halides is 3. The number of hydrogen-bond acceptors (Lipinski definition) is 5. The molecule has 0 amide bonds. The smallest absolute Gasteiger partial charge is 0.426 e. The van der Waals surface area contributed by atoms with Gasteiger partial charge in [-0.25, -0.2) is 17.6 Å². The SMILES string of the molecule is C=CCC1=C(C)C(OC(=O)C2C(C=C(C)C)C2(C)C)CC1=O.Cc1c(F)c(F)c(COC(=O)C2C(/C=C(\Cl)C(F)(F)F)C2(C)C)c(F)c1F. The fourth-order valence-corrected chi connectivity index (χ4v) is 6.39. The Bertz CT molecular complexity index is 1600. The molecule has 2 saturated carbocycles. The van der Waals surface area contributed by atoms with Crippen LogP contribution in [0.2, 0.25) is 0 Å². The molecule has 0 aliphatic heterocycles. The number of carbonyl (C=O) groups excluding carboxylic acids is 3. The van der Waals surface area contributed by atoms with Gasteiger partial charge in [0.2, 0.25) is 0 Å². The monoisotopic (exact) mass is 720 g/mol. The van der Waals surface area contributed by atoms with Crippen molar-refractivity contribution in [3.05, 3.63) is 81.0 Å². The molecule has 0 saturated heterocycles. The van der Waals surface area contributed by atoms with Gasteiger partial charge in [-0.3, -0.25) is 14.4 Å². The van der Waals surface area contributed by atoms with Crippen LogP contribution in [0.25, 0.3) is 0 Å². The lowest BCUT2D eigenvalue weighted by atomic mass is 10.1. The Labute approximate surface area is 286 Å². The summed E-state index contributed by atoms with van der Waals surface area (Å²) in [4.78, 5) is 36.5. The van der Waals surface area contributed by atoms with Gasteiger partial charge in [0.15, 0.2) is 29.1 Å². The van der Waals surface area contributed by atoms with Crippen LogP contribution in [0.4, 0.5) is 30.7 Å². The molecule has 1 aromatic rings.